The van der Waals surface area contributed by atoms with E-state index in [1.165, 1.54) is 76.2 Å². The molecule has 0 aromatic heterocycles. The minimum absolute atomic E-state index is 0.180. The standard InChI is InChI=1S/C25H36O2/c1-3-4-5-19-6-8-21(9-7-19)23-14-16-24(17-15-23)22-12-10-20(11-13-22)18(2)25(26)27/h10-13,19,21,23-24H,2-9,14-17H2,1H3,(H,26,27). The van der Waals surface area contributed by atoms with Crippen molar-refractivity contribution in [3.05, 3.63) is 42.0 Å². The largest absolute Gasteiger partial charge is 0.478 e. The fraction of sp³-hybridized carbons (Fsp3) is 0.640. The molecule has 2 aliphatic carbocycles. The van der Waals surface area contributed by atoms with Gasteiger partial charge in [0.25, 0.3) is 0 Å². The maximum absolute atomic E-state index is 11.0. The predicted octanol–water partition coefficient (Wildman–Crippen LogP) is 7.05. The minimum atomic E-state index is -0.937. The normalized spacial score (nSPS) is 28.6. The summed E-state index contributed by atoms with van der Waals surface area (Å²) in [6.07, 6.45) is 15.4. The minimum Gasteiger partial charge on any atom is -0.478 e. The van der Waals surface area contributed by atoms with E-state index >= 15 is 0 Å². The summed E-state index contributed by atoms with van der Waals surface area (Å²) in [6, 6.07) is 8.09. The molecule has 2 aliphatic rings. The number of hydrogen-bond acceptors (Lipinski definition) is 1. The zero-order valence-electron chi connectivity index (χ0n) is 17.0. The van der Waals surface area contributed by atoms with Crippen LogP contribution in [0.25, 0.3) is 5.57 Å². The van der Waals surface area contributed by atoms with Gasteiger partial charge in [0.1, 0.15) is 0 Å². The molecule has 0 heterocycles. The third kappa shape index (κ3) is 5.24. The molecule has 27 heavy (non-hydrogen) atoms. The second-order valence-corrected chi connectivity index (χ2v) is 8.94. The Bertz CT molecular complexity index is 614. The molecule has 2 nitrogen and oxygen atoms in total. The highest BCUT2D eigenvalue weighted by molar-refractivity contribution is 6.14. The lowest BCUT2D eigenvalue weighted by Gasteiger charge is -2.38. The van der Waals surface area contributed by atoms with E-state index in [-0.39, 0.29) is 5.57 Å². The van der Waals surface area contributed by atoms with Crippen LogP contribution in [0, 0.1) is 17.8 Å². The first-order valence-corrected chi connectivity index (χ1v) is 11.1. The van der Waals surface area contributed by atoms with Crippen molar-refractivity contribution in [2.24, 2.45) is 17.8 Å². The summed E-state index contributed by atoms with van der Waals surface area (Å²) in [5, 5.41) is 9.07. The van der Waals surface area contributed by atoms with Gasteiger partial charge in [0.15, 0.2) is 0 Å². The molecule has 2 heteroatoms. The zero-order valence-corrected chi connectivity index (χ0v) is 17.0. The van der Waals surface area contributed by atoms with Crippen molar-refractivity contribution in [3.8, 4) is 0 Å². The van der Waals surface area contributed by atoms with Gasteiger partial charge in [-0.05, 0) is 73.3 Å². The number of carboxylic acids is 1. The predicted molar refractivity (Wildman–Crippen MR) is 113 cm³/mol. The van der Waals surface area contributed by atoms with Gasteiger partial charge in [-0.15, -0.1) is 0 Å². The quantitative estimate of drug-likeness (QED) is 0.523. The number of aliphatic carboxylic acids is 1. The van der Waals surface area contributed by atoms with Gasteiger partial charge < -0.3 is 5.11 Å². The fourth-order valence-electron chi connectivity index (χ4n) is 5.44. The zero-order chi connectivity index (χ0) is 19.2. The van der Waals surface area contributed by atoms with Crippen molar-refractivity contribution in [1.29, 1.82) is 0 Å². The Hall–Kier alpha value is -1.57. The van der Waals surface area contributed by atoms with Crippen LogP contribution in [0.15, 0.2) is 30.8 Å². The molecule has 0 radical (unpaired) electrons. The van der Waals surface area contributed by atoms with E-state index in [9.17, 15) is 4.79 Å². The summed E-state index contributed by atoms with van der Waals surface area (Å²) in [6.45, 7) is 5.96. The number of carbonyl (C=O) groups is 1. The second-order valence-electron chi connectivity index (χ2n) is 8.94. The van der Waals surface area contributed by atoms with Crippen LogP contribution >= 0.6 is 0 Å². The monoisotopic (exact) mass is 368 g/mol. The first-order chi connectivity index (χ1) is 13.1. The lowest BCUT2D eigenvalue weighted by Crippen LogP contribution is -2.25. The SMILES string of the molecule is C=C(C(=O)O)c1ccc(C2CCC(C3CCC(CCCC)CC3)CC2)cc1. The molecule has 0 aliphatic heterocycles. The number of carboxylic acid groups (broad SMARTS) is 1. The molecule has 0 bridgehead atoms. The fourth-order valence-corrected chi connectivity index (χ4v) is 5.44. The highest BCUT2D eigenvalue weighted by atomic mass is 16.4. The van der Waals surface area contributed by atoms with E-state index in [4.69, 9.17) is 5.11 Å². The Morgan fingerprint density at radius 2 is 1.52 bits per heavy atom. The van der Waals surface area contributed by atoms with Gasteiger partial charge in [0, 0.05) is 0 Å². The first kappa shape index (κ1) is 20.2. The highest BCUT2D eigenvalue weighted by Crippen LogP contribution is 2.44. The Kier molecular flexibility index (Phi) is 7.15. The number of rotatable bonds is 7. The van der Waals surface area contributed by atoms with Crippen LogP contribution in [0.1, 0.15) is 94.6 Å². The van der Waals surface area contributed by atoms with Gasteiger partial charge in [0.05, 0.1) is 5.57 Å². The van der Waals surface area contributed by atoms with Crippen molar-refractivity contribution in [2.45, 2.75) is 83.5 Å². The smallest absolute Gasteiger partial charge is 0.335 e. The van der Waals surface area contributed by atoms with E-state index < -0.39 is 5.97 Å². The van der Waals surface area contributed by atoms with Crippen LogP contribution in [-0.4, -0.2) is 11.1 Å². The van der Waals surface area contributed by atoms with Crippen LogP contribution in [-0.2, 0) is 4.79 Å². The molecule has 0 atom stereocenters. The average Bonchev–Trinajstić information content (AvgIpc) is 2.72. The summed E-state index contributed by atoms with van der Waals surface area (Å²) >= 11 is 0. The first-order valence-electron chi connectivity index (χ1n) is 11.1. The second kappa shape index (κ2) is 9.57. The number of benzene rings is 1. The van der Waals surface area contributed by atoms with E-state index in [0.29, 0.717) is 5.92 Å². The summed E-state index contributed by atoms with van der Waals surface area (Å²) in [5.74, 6) is 2.64. The van der Waals surface area contributed by atoms with Crippen molar-refractivity contribution in [1.82, 2.24) is 0 Å². The van der Waals surface area contributed by atoms with Crippen molar-refractivity contribution in [3.63, 3.8) is 0 Å². The molecule has 1 aromatic carbocycles. The van der Waals surface area contributed by atoms with Gasteiger partial charge >= 0.3 is 5.97 Å². The summed E-state index contributed by atoms with van der Waals surface area (Å²) in [7, 11) is 0. The molecular weight excluding hydrogens is 332 g/mol. The summed E-state index contributed by atoms with van der Waals surface area (Å²) in [4.78, 5) is 11.0. The molecule has 3 rings (SSSR count). The molecule has 0 amide bonds. The summed E-state index contributed by atoms with van der Waals surface area (Å²) in [5.41, 5.74) is 2.28. The van der Waals surface area contributed by atoms with Crippen LogP contribution in [0.3, 0.4) is 0 Å². The topological polar surface area (TPSA) is 37.3 Å². The molecule has 2 saturated carbocycles. The maximum atomic E-state index is 11.0. The van der Waals surface area contributed by atoms with Gasteiger partial charge in [0.2, 0.25) is 0 Å². The van der Waals surface area contributed by atoms with E-state index in [2.05, 4.69) is 25.6 Å². The Morgan fingerprint density at radius 1 is 0.963 bits per heavy atom. The third-order valence-corrected chi connectivity index (χ3v) is 7.28. The summed E-state index contributed by atoms with van der Waals surface area (Å²) < 4.78 is 0. The Balaban J connectivity index is 1.46. The Labute approximate surface area is 165 Å². The average molecular weight is 369 g/mol. The Morgan fingerprint density at radius 3 is 2.04 bits per heavy atom. The lowest BCUT2D eigenvalue weighted by molar-refractivity contribution is -0.130. The molecule has 148 valence electrons. The number of unbranched alkanes of at least 4 members (excludes halogenated alkanes) is 1. The van der Waals surface area contributed by atoms with Crippen molar-refractivity contribution in [2.75, 3.05) is 0 Å². The van der Waals surface area contributed by atoms with Crippen LogP contribution in [0.2, 0.25) is 0 Å². The van der Waals surface area contributed by atoms with Gasteiger partial charge in [-0.1, -0.05) is 69.9 Å². The number of hydrogen-bond donors (Lipinski definition) is 1. The maximum Gasteiger partial charge on any atom is 0.335 e. The van der Waals surface area contributed by atoms with E-state index in [1.54, 1.807) is 0 Å². The lowest BCUT2D eigenvalue weighted by atomic mass is 9.68. The van der Waals surface area contributed by atoms with Gasteiger partial charge in [-0.2, -0.15) is 0 Å². The van der Waals surface area contributed by atoms with E-state index in [0.717, 1.165) is 23.3 Å². The van der Waals surface area contributed by atoms with E-state index in [1.807, 2.05) is 12.1 Å². The molecule has 1 N–H and O–H groups in total. The van der Waals surface area contributed by atoms with Crippen LogP contribution in [0.4, 0.5) is 0 Å². The molecular formula is C25H36O2. The molecule has 0 saturated heterocycles. The van der Waals surface area contributed by atoms with Crippen molar-refractivity contribution >= 4 is 11.5 Å². The molecule has 0 spiro atoms. The molecule has 1 aromatic rings. The van der Waals surface area contributed by atoms with Crippen LogP contribution in [0.5, 0.6) is 0 Å². The molecule has 0 unspecified atom stereocenters. The molecule has 2 fully saturated rings. The third-order valence-electron chi connectivity index (χ3n) is 7.28. The van der Waals surface area contributed by atoms with Crippen molar-refractivity contribution < 1.29 is 9.90 Å². The van der Waals surface area contributed by atoms with Crippen LogP contribution < -0.4 is 0 Å². The van der Waals surface area contributed by atoms with Gasteiger partial charge in [-0.25, -0.2) is 4.79 Å². The highest BCUT2D eigenvalue weighted by Gasteiger charge is 2.31. The van der Waals surface area contributed by atoms with Gasteiger partial charge in [-0.3, -0.25) is 0 Å².